The number of nitrogens with zero attached hydrogens (tertiary/aromatic N) is 1. The zero-order valence-electron chi connectivity index (χ0n) is 18.9. The number of carbonyl (C=O) groups is 3. The second-order valence-corrected chi connectivity index (χ2v) is 9.28. The van der Waals surface area contributed by atoms with Gasteiger partial charge in [0.25, 0.3) is 0 Å². The Balaban J connectivity index is 1.40. The van der Waals surface area contributed by atoms with E-state index in [-0.39, 0.29) is 55.5 Å². The van der Waals surface area contributed by atoms with E-state index in [1.165, 1.54) is 0 Å². The summed E-state index contributed by atoms with van der Waals surface area (Å²) < 4.78 is 16.6. The standard InChI is InChI=1S/C24H39NO6/c26-22(29-19-7-1-2-8-19)13-16-25(17-14-23(27)30-20-9-3-4-10-20)18-15-24(28)31-21-11-5-6-12-21/h19-21H,1-18H2. The molecule has 0 amide bonds. The molecule has 0 saturated heterocycles. The second kappa shape index (κ2) is 13.0. The van der Waals surface area contributed by atoms with Crippen LogP contribution in [0.15, 0.2) is 0 Å². The Morgan fingerprint density at radius 3 is 1.03 bits per heavy atom. The quantitative estimate of drug-likeness (QED) is 0.338. The molecule has 3 rings (SSSR count). The first-order chi connectivity index (χ1) is 15.1. The molecule has 7 nitrogen and oxygen atoms in total. The van der Waals surface area contributed by atoms with Crippen LogP contribution in [0.2, 0.25) is 0 Å². The van der Waals surface area contributed by atoms with Gasteiger partial charge in [-0.15, -0.1) is 0 Å². The van der Waals surface area contributed by atoms with Crippen LogP contribution >= 0.6 is 0 Å². The lowest BCUT2D eigenvalue weighted by molar-refractivity contribution is -0.149. The molecule has 0 spiro atoms. The van der Waals surface area contributed by atoms with Gasteiger partial charge in [-0.1, -0.05) is 0 Å². The van der Waals surface area contributed by atoms with Crippen LogP contribution in [-0.4, -0.2) is 60.8 Å². The summed E-state index contributed by atoms with van der Waals surface area (Å²) in [6.07, 6.45) is 13.4. The van der Waals surface area contributed by atoms with Gasteiger partial charge >= 0.3 is 17.9 Å². The molecule has 176 valence electrons. The van der Waals surface area contributed by atoms with Gasteiger partial charge in [-0.05, 0) is 77.0 Å². The van der Waals surface area contributed by atoms with Crippen molar-refractivity contribution in [3.8, 4) is 0 Å². The minimum atomic E-state index is -0.195. The van der Waals surface area contributed by atoms with Crippen molar-refractivity contribution in [1.29, 1.82) is 0 Å². The summed E-state index contributed by atoms with van der Waals surface area (Å²) in [4.78, 5) is 38.6. The Bertz CT molecular complexity index is 496. The average molecular weight is 438 g/mol. The number of carbonyl (C=O) groups excluding carboxylic acids is 3. The molecule has 0 aromatic carbocycles. The van der Waals surface area contributed by atoms with E-state index >= 15 is 0 Å². The van der Waals surface area contributed by atoms with E-state index in [4.69, 9.17) is 14.2 Å². The molecule has 3 fully saturated rings. The third kappa shape index (κ3) is 9.17. The van der Waals surface area contributed by atoms with E-state index in [2.05, 4.69) is 0 Å². The van der Waals surface area contributed by atoms with Gasteiger partial charge in [0, 0.05) is 19.6 Å². The number of esters is 3. The fourth-order valence-corrected chi connectivity index (χ4v) is 4.84. The molecule has 7 heteroatoms. The lowest BCUT2D eigenvalue weighted by Gasteiger charge is -2.22. The van der Waals surface area contributed by atoms with Crippen molar-refractivity contribution in [3.63, 3.8) is 0 Å². The largest absolute Gasteiger partial charge is 0.462 e. The first kappa shape index (κ1) is 24.0. The molecule has 3 aliphatic carbocycles. The predicted molar refractivity (Wildman–Crippen MR) is 115 cm³/mol. The Labute approximate surface area is 186 Å². The molecule has 0 atom stereocenters. The number of rotatable bonds is 12. The van der Waals surface area contributed by atoms with Crippen molar-refractivity contribution in [3.05, 3.63) is 0 Å². The summed E-state index contributed by atoms with van der Waals surface area (Å²) in [5.41, 5.74) is 0. The summed E-state index contributed by atoms with van der Waals surface area (Å²) >= 11 is 0. The highest BCUT2D eigenvalue weighted by atomic mass is 16.6. The highest BCUT2D eigenvalue weighted by Crippen LogP contribution is 2.23. The van der Waals surface area contributed by atoms with Crippen LogP contribution in [0.4, 0.5) is 0 Å². The molecule has 31 heavy (non-hydrogen) atoms. The highest BCUT2D eigenvalue weighted by molar-refractivity contribution is 5.71. The maximum absolute atomic E-state index is 12.2. The molecule has 0 unspecified atom stereocenters. The fraction of sp³-hybridized carbons (Fsp3) is 0.875. The zero-order chi connectivity index (χ0) is 21.9. The monoisotopic (exact) mass is 437 g/mol. The molecule has 0 aromatic heterocycles. The summed E-state index contributed by atoms with van der Waals surface area (Å²) in [5, 5.41) is 0. The number of hydrogen-bond acceptors (Lipinski definition) is 7. The average Bonchev–Trinajstić information content (AvgIpc) is 3.51. The molecule has 0 bridgehead atoms. The van der Waals surface area contributed by atoms with Crippen LogP contribution < -0.4 is 0 Å². The van der Waals surface area contributed by atoms with Crippen LogP contribution in [0.1, 0.15) is 96.3 Å². The van der Waals surface area contributed by atoms with Gasteiger partial charge in [0.05, 0.1) is 19.3 Å². The molecule has 3 saturated carbocycles. The van der Waals surface area contributed by atoms with Gasteiger partial charge in [0.2, 0.25) is 0 Å². The summed E-state index contributed by atoms with van der Waals surface area (Å²) in [5.74, 6) is -0.586. The molecule has 0 N–H and O–H groups in total. The zero-order valence-corrected chi connectivity index (χ0v) is 18.9. The van der Waals surface area contributed by atoms with Crippen molar-refractivity contribution < 1.29 is 28.6 Å². The minimum absolute atomic E-state index is 0.0590. The molecule has 3 aliphatic rings. The maximum Gasteiger partial charge on any atom is 0.307 e. The van der Waals surface area contributed by atoms with Crippen molar-refractivity contribution >= 4 is 17.9 Å². The van der Waals surface area contributed by atoms with Crippen LogP contribution in [0.5, 0.6) is 0 Å². The second-order valence-electron chi connectivity index (χ2n) is 9.28. The van der Waals surface area contributed by atoms with E-state index in [0.29, 0.717) is 19.6 Å². The first-order valence-corrected chi connectivity index (χ1v) is 12.4. The molecular weight excluding hydrogens is 398 g/mol. The Kier molecular flexibility index (Phi) is 10.1. The van der Waals surface area contributed by atoms with E-state index in [9.17, 15) is 14.4 Å². The van der Waals surface area contributed by atoms with Crippen molar-refractivity contribution in [2.45, 2.75) is 115 Å². The van der Waals surface area contributed by atoms with Crippen LogP contribution in [-0.2, 0) is 28.6 Å². The van der Waals surface area contributed by atoms with Gasteiger partial charge < -0.3 is 19.1 Å². The van der Waals surface area contributed by atoms with Crippen molar-refractivity contribution in [1.82, 2.24) is 4.90 Å². The molecule has 0 aromatic rings. The SMILES string of the molecule is O=C(CCN(CCC(=O)OC1CCCC1)CCC(=O)OC1CCCC1)OC1CCCC1. The third-order valence-corrected chi connectivity index (χ3v) is 6.70. The van der Waals surface area contributed by atoms with Gasteiger partial charge in [-0.3, -0.25) is 14.4 Å². The third-order valence-electron chi connectivity index (χ3n) is 6.70. The molecule has 0 radical (unpaired) electrons. The van der Waals surface area contributed by atoms with Crippen molar-refractivity contribution in [2.24, 2.45) is 0 Å². The smallest absolute Gasteiger partial charge is 0.307 e. The predicted octanol–water partition coefficient (Wildman–Crippen LogP) is 3.92. The van der Waals surface area contributed by atoms with Gasteiger partial charge in [-0.25, -0.2) is 0 Å². The van der Waals surface area contributed by atoms with Gasteiger partial charge in [-0.2, -0.15) is 0 Å². The topological polar surface area (TPSA) is 82.1 Å². The maximum atomic E-state index is 12.2. The lowest BCUT2D eigenvalue weighted by Crippen LogP contribution is -2.33. The van der Waals surface area contributed by atoms with Gasteiger partial charge in [0.1, 0.15) is 18.3 Å². The first-order valence-electron chi connectivity index (χ1n) is 12.4. The Hall–Kier alpha value is -1.63. The molecule has 0 aliphatic heterocycles. The summed E-state index contributed by atoms with van der Waals surface area (Å²) in [7, 11) is 0. The van der Waals surface area contributed by atoms with Crippen molar-refractivity contribution in [2.75, 3.05) is 19.6 Å². The van der Waals surface area contributed by atoms with Crippen LogP contribution in [0, 0.1) is 0 Å². The van der Waals surface area contributed by atoms with E-state index < -0.39 is 0 Å². The Morgan fingerprint density at radius 2 is 0.774 bits per heavy atom. The lowest BCUT2D eigenvalue weighted by atomic mass is 10.2. The van der Waals surface area contributed by atoms with E-state index in [1.807, 2.05) is 4.90 Å². The van der Waals surface area contributed by atoms with Gasteiger partial charge in [0.15, 0.2) is 0 Å². The Morgan fingerprint density at radius 1 is 0.516 bits per heavy atom. The summed E-state index contributed by atoms with van der Waals surface area (Å²) in [6, 6.07) is 0. The number of hydrogen-bond donors (Lipinski definition) is 0. The number of ether oxygens (including phenoxy) is 3. The molecule has 0 heterocycles. The molecular formula is C24H39NO6. The summed E-state index contributed by atoms with van der Waals surface area (Å²) in [6.45, 7) is 1.41. The highest BCUT2D eigenvalue weighted by Gasteiger charge is 2.23. The van der Waals surface area contributed by atoms with E-state index in [0.717, 1.165) is 77.0 Å². The van der Waals surface area contributed by atoms with E-state index in [1.54, 1.807) is 0 Å². The fourth-order valence-electron chi connectivity index (χ4n) is 4.84. The van der Waals surface area contributed by atoms with Crippen LogP contribution in [0.3, 0.4) is 0 Å². The normalized spacial score (nSPS) is 20.4. The minimum Gasteiger partial charge on any atom is -0.462 e. The van der Waals surface area contributed by atoms with Crippen LogP contribution in [0.25, 0.3) is 0 Å².